The van der Waals surface area contributed by atoms with Crippen molar-refractivity contribution < 1.29 is 18.3 Å². The van der Waals surface area contributed by atoms with E-state index in [-0.39, 0.29) is 30.2 Å². The van der Waals surface area contributed by atoms with Crippen LogP contribution in [-0.2, 0) is 16.1 Å². The summed E-state index contributed by atoms with van der Waals surface area (Å²) in [5.74, 6) is -1.17. The van der Waals surface area contributed by atoms with Crippen molar-refractivity contribution in [2.75, 3.05) is 19.6 Å². The van der Waals surface area contributed by atoms with Crippen LogP contribution in [0.5, 0.6) is 0 Å². The highest BCUT2D eigenvalue weighted by atomic mass is 19.1. The first-order chi connectivity index (χ1) is 12.1. The van der Waals surface area contributed by atoms with Crippen LogP contribution in [0, 0.1) is 11.6 Å². The summed E-state index contributed by atoms with van der Waals surface area (Å²) in [7, 11) is 0. The Morgan fingerprint density at radius 2 is 2.04 bits per heavy atom. The van der Waals surface area contributed by atoms with E-state index in [4.69, 9.17) is 10.5 Å². The van der Waals surface area contributed by atoms with Gasteiger partial charge in [-0.3, -0.25) is 9.69 Å². The third-order valence-electron chi connectivity index (χ3n) is 4.96. The summed E-state index contributed by atoms with van der Waals surface area (Å²) in [6.45, 7) is 1.97. The second-order valence-corrected chi connectivity index (χ2v) is 6.84. The lowest BCUT2D eigenvalue weighted by Gasteiger charge is -2.33. The van der Waals surface area contributed by atoms with Crippen molar-refractivity contribution in [2.45, 2.75) is 50.5 Å². The fourth-order valence-corrected chi connectivity index (χ4v) is 3.59. The monoisotopic (exact) mass is 353 g/mol. The summed E-state index contributed by atoms with van der Waals surface area (Å²) in [4.78, 5) is 14.3. The molecule has 0 aromatic heterocycles. The van der Waals surface area contributed by atoms with E-state index >= 15 is 0 Å². The Labute approximate surface area is 146 Å². The molecule has 0 spiro atoms. The van der Waals surface area contributed by atoms with Gasteiger partial charge >= 0.3 is 0 Å². The topological polar surface area (TPSA) is 67.6 Å². The standard InChI is InChI=1S/C18H25F2N3O2/c19-15-4-1-5-16(20)14(15)11-23-8-2-3-12(10-23)22-18(24)17-7-6-13(9-21)25-17/h1,4-5,12-13,17H,2-3,6-11,21H2,(H,22,24)/t12?,13-,17+/m1/s1. The first-order valence-electron chi connectivity index (χ1n) is 8.88. The number of carbonyl (C=O) groups excluding carboxylic acids is 1. The quantitative estimate of drug-likeness (QED) is 0.843. The SMILES string of the molecule is NC[C@H]1CC[C@@H](C(=O)NC2CCCN(Cc3c(F)cccc3F)C2)O1. The molecule has 2 fully saturated rings. The number of rotatable bonds is 5. The lowest BCUT2D eigenvalue weighted by Crippen LogP contribution is -2.50. The fraction of sp³-hybridized carbons (Fsp3) is 0.611. The summed E-state index contributed by atoms with van der Waals surface area (Å²) >= 11 is 0. The molecule has 0 aliphatic carbocycles. The molecule has 138 valence electrons. The number of nitrogens with two attached hydrogens (primary N) is 1. The van der Waals surface area contributed by atoms with Crippen LogP contribution < -0.4 is 11.1 Å². The van der Waals surface area contributed by atoms with Crippen molar-refractivity contribution in [1.82, 2.24) is 10.2 Å². The van der Waals surface area contributed by atoms with Crippen LogP contribution in [0.1, 0.15) is 31.2 Å². The first kappa shape index (κ1) is 18.2. The van der Waals surface area contributed by atoms with Crippen LogP contribution in [0.15, 0.2) is 18.2 Å². The van der Waals surface area contributed by atoms with Gasteiger partial charge in [-0.25, -0.2) is 8.78 Å². The Kier molecular flexibility index (Phi) is 5.98. The predicted molar refractivity (Wildman–Crippen MR) is 89.7 cm³/mol. The van der Waals surface area contributed by atoms with E-state index in [2.05, 4.69) is 5.32 Å². The van der Waals surface area contributed by atoms with Gasteiger partial charge in [0, 0.05) is 31.2 Å². The van der Waals surface area contributed by atoms with Crippen LogP contribution in [0.4, 0.5) is 8.78 Å². The minimum absolute atomic E-state index is 0.0309. The Morgan fingerprint density at radius 1 is 1.28 bits per heavy atom. The van der Waals surface area contributed by atoms with Crippen molar-refractivity contribution >= 4 is 5.91 Å². The van der Waals surface area contributed by atoms with E-state index in [1.807, 2.05) is 4.90 Å². The average Bonchev–Trinajstić information content (AvgIpc) is 3.08. The number of nitrogens with one attached hydrogen (secondary N) is 1. The van der Waals surface area contributed by atoms with Crippen LogP contribution in [0.25, 0.3) is 0 Å². The molecule has 0 radical (unpaired) electrons. The highest BCUT2D eigenvalue weighted by molar-refractivity contribution is 5.81. The van der Waals surface area contributed by atoms with Gasteiger partial charge in [-0.2, -0.15) is 0 Å². The van der Waals surface area contributed by atoms with Crippen molar-refractivity contribution in [3.8, 4) is 0 Å². The lowest BCUT2D eigenvalue weighted by atomic mass is 10.0. The number of likely N-dealkylation sites (tertiary alicyclic amines) is 1. The van der Waals surface area contributed by atoms with Gasteiger partial charge in [0.15, 0.2) is 0 Å². The number of halogens is 2. The highest BCUT2D eigenvalue weighted by Crippen LogP contribution is 2.21. The molecule has 1 unspecified atom stereocenters. The minimum Gasteiger partial charge on any atom is -0.364 e. The van der Waals surface area contributed by atoms with Gasteiger partial charge in [-0.05, 0) is 44.4 Å². The number of piperidine rings is 1. The van der Waals surface area contributed by atoms with E-state index in [0.29, 0.717) is 19.5 Å². The second-order valence-electron chi connectivity index (χ2n) is 6.84. The largest absolute Gasteiger partial charge is 0.364 e. The van der Waals surface area contributed by atoms with Gasteiger partial charge < -0.3 is 15.8 Å². The molecule has 2 aliphatic heterocycles. The molecular weight excluding hydrogens is 328 g/mol. The molecular formula is C18H25F2N3O2. The van der Waals surface area contributed by atoms with Gasteiger partial charge in [-0.1, -0.05) is 6.07 Å². The van der Waals surface area contributed by atoms with Gasteiger partial charge in [0.2, 0.25) is 5.91 Å². The number of hydrogen-bond acceptors (Lipinski definition) is 4. The highest BCUT2D eigenvalue weighted by Gasteiger charge is 2.32. The van der Waals surface area contributed by atoms with Gasteiger partial charge in [0.05, 0.1) is 6.10 Å². The first-order valence-corrected chi connectivity index (χ1v) is 8.88. The second kappa shape index (κ2) is 8.21. The molecule has 7 heteroatoms. The fourth-order valence-electron chi connectivity index (χ4n) is 3.59. The Balaban J connectivity index is 1.54. The molecule has 1 amide bonds. The van der Waals surface area contributed by atoms with E-state index in [9.17, 15) is 13.6 Å². The number of carbonyl (C=O) groups is 1. The van der Waals surface area contributed by atoms with Crippen molar-refractivity contribution in [2.24, 2.45) is 5.73 Å². The lowest BCUT2D eigenvalue weighted by molar-refractivity contribution is -0.133. The maximum Gasteiger partial charge on any atom is 0.249 e. The Hall–Kier alpha value is -1.57. The zero-order valence-electron chi connectivity index (χ0n) is 14.2. The molecule has 1 aromatic rings. The summed E-state index contributed by atoms with van der Waals surface area (Å²) < 4.78 is 33.3. The van der Waals surface area contributed by atoms with Gasteiger partial charge in [-0.15, -0.1) is 0 Å². The predicted octanol–water partition coefficient (Wildman–Crippen LogP) is 1.55. The van der Waals surface area contributed by atoms with Crippen LogP contribution >= 0.6 is 0 Å². The summed E-state index contributed by atoms with van der Waals surface area (Å²) in [6, 6.07) is 3.88. The molecule has 3 rings (SSSR count). The third kappa shape index (κ3) is 4.54. The molecule has 0 saturated carbocycles. The van der Waals surface area contributed by atoms with E-state index < -0.39 is 17.7 Å². The molecule has 5 nitrogen and oxygen atoms in total. The summed E-state index contributed by atoms with van der Waals surface area (Å²) in [5.41, 5.74) is 5.65. The van der Waals surface area contributed by atoms with Gasteiger partial charge in [0.1, 0.15) is 17.7 Å². The maximum absolute atomic E-state index is 13.8. The van der Waals surface area contributed by atoms with Crippen molar-refractivity contribution in [3.63, 3.8) is 0 Å². The molecule has 25 heavy (non-hydrogen) atoms. The number of amides is 1. The number of ether oxygens (including phenoxy) is 1. The van der Waals surface area contributed by atoms with Crippen LogP contribution in [-0.4, -0.2) is 48.7 Å². The van der Waals surface area contributed by atoms with E-state index in [1.54, 1.807) is 0 Å². The average molecular weight is 353 g/mol. The Morgan fingerprint density at radius 3 is 2.72 bits per heavy atom. The molecule has 2 saturated heterocycles. The maximum atomic E-state index is 13.8. The molecule has 1 aromatic carbocycles. The van der Waals surface area contributed by atoms with Crippen LogP contribution in [0.3, 0.4) is 0 Å². The number of nitrogens with zero attached hydrogens (tertiary/aromatic N) is 1. The smallest absolute Gasteiger partial charge is 0.249 e. The number of benzene rings is 1. The zero-order valence-corrected chi connectivity index (χ0v) is 14.2. The zero-order chi connectivity index (χ0) is 17.8. The van der Waals surface area contributed by atoms with Crippen molar-refractivity contribution in [1.29, 1.82) is 0 Å². The minimum atomic E-state index is -0.529. The molecule has 3 N–H and O–H groups in total. The third-order valence-corrected chi connectivity index (χ3v) is 4.96. The number of hydrogen-bond donors (Lipinski definition) is 2. The molecule has 3 atom stereocenters. The summed E-state index contributed by atoms with van der Waals surface area (Å²) in [6.07, 6.45) is 2.74. The van der Waals surface area contributed by atoms with Crippen LogP contribution in [0.2, 0.25) is 0 Å². The van der Waals surface area contributed by atoms with Gasteiger partial charge in [0.25, 0.3) is 0 Å². The van der Waals surface area contributed by atoms with Crippen molar-refractivity contribution in [3.05, 3.63) is 35.4 Å². The molecule has 2 aliphatic rings. The van der Waals surface area contributed by atoms with E-state index in [0.717, 1.165) is 25.8 Å². The summed E-state index contributed by atoms with van der Waals surface area (Å²) in [5, 5.41) is 3.02. The normalized spacial score (nSPS) is 27.4. The Bertz CT molecular complexity index is 594. The molecule has 0 bridgehead atoms. The molecule has 2 heterocycles. The van der Waals surface area contributed by atoms with E-state index in [1.165, 1.54) is 18.2 Å².